The van der Waals surface area contributed by atoms with Gasteiger partial charge in [0.1, 0.15) is 5.82 Å². The minimum absolute atomic E-state index is 0.0162. The molecule has 2 heterocycles. The SMILES string of the molecule is Cc1ccc(NC(=O)NC(=O)CN2CCCN(c3ncc(C(F)(F)F)cc3Cl)CC2)c(C)c1. The largest absolute Gasteiger partial charge is 0.417 e. The van der Waals surface area contributed by atoms with E-state index in [0.29, 0.717) is 38.3 Å². The van der Waals surface area contributed by atoms with Gasteiger partial charge in [0, 0.05) is 38.1 Å². The van der Waals surface area contributed by atoms with Crippen LogP contribution in [0.15, 0.2) is 30.5 Å². The molecule has 2 N–H and O–H groups in total. The lowest BCUT2D eigenvalue weighted by atomic mass is 10.1. The molecule has 1 aliphatic heterocycles. The Labute approximate surface area is 194 Å². The van der Waals surface area contributed by atoms with Crippen molar-refractivity contribution in [3.05, 3.63) is 52.2 Å². The van der Waals surface area contributed by atoms with Crippen LogP contribution in [-0.4, -0.2) is 54.5 Å². The molecule has 0 unspecified atom stereocenters. The molecule has 0 saturated carbocycles. The summed E-state index contributed by atoms with van der Waals surface area (Å²) in [6.07, 6.45) is -3.09. The third-order valence-electron chi connectivity index (χ3n) is 5.29. The predicted octanol–water partition coefficient (Wildman–Crippen LogP) is 4.23. The van der Waals surface area contributed by atoms with Gasteiger partial charge in [-0.2, -0.15) is 13.2 Å². The van der Waals surface area contributed by atoms with Crippen molar-refractivity contribution in [2.75, 3.05) is 42.9 Å². The van der Waals surface area contributed by atoms with Gasteiger partial charge >= 0.3 is 12.2 Å². The van der Waals surface area contributed by atoms with E-state index in [-0.39, 0.29) is 17.4 Å². The average molecular weight is 484 g/mol. The number of nitrogens with one attached hydrogen (secondary N) is 2. The average Bonchev–Trinajstić information content (AvgIpc) is 2.94. The van der Waals surface area contributed by atoms with Crippen LogP contribution in [0.1, 0.15) is 23.1 Å². The molecule has 1 fully saturated rings. The van der Waals surface area contributed by atoms with Gasteiger partial charge in [-0.15, -0.1) is 0 Å². The lowest BCUT2D eigenvalue weighted by molar-refractivity contribution is -0.137. The summed E-state index contributed by atoms with van der Waals surface area (Å²) in [5, 5.41) is 4.92. The zero-order valence-electron chi connectivity index (χ0n) is 18.3. The molecule has 33 heavy (non-hydrogen) atoms. The predicted molar refractivity (Wildman–Crippen MR) is 121 cm³/mol. The second kappa shape index (κ2) is 10.4. The van der Waals surface area contributed by atoms with Crippen LogP contribution in [-0.2, 0) is 11.0 Å². The quantitative estimate of drug-likeness (QED) is 0.680. The van der Waals surface area contributed by atoms with E-state index in [9.17, 15) is 22.8 Å². The number of carbonyl (C=O) groups is 2. The lowest BCUT2D eigenvalue weighted by Crippen LogP contribution is -2.43. The second-order valence-corrected chi connectivity index (χ2v) is 8.37. The van der Waals surface area contributed by atoms with E-state index >= 15 is 0 Å². The molecule has 0 bridgehead atoms. The molecule has 0 spiro atoms. The third kappa shape index (κ3) is 6.82. The molecule has 1 aliphatic rings. The fourth-order valence-corrected chi connectivity index (χ4v) is 3.92. The Morgan fingerprint density at radius 3 is 2.55 bits per heavy atom. The maximum atomic E-state index is 12.8. The van der Waals surface area contributed by atoms with Gasteiger partial charge in [0.25, 0.3) is 0 Å². The third-order valence-corrected chi connectivity index (χ3v) is 5.57. The Hall–Kier alpha value is -2.85. The lowest BCUT2D eigenvalue weighted by Gasteiger charge is -2.23. The molecular formula is C22H25ClF3N5O2. The summed E-state index contributed by atoms with van der Waals surface area (Å²) in [6, 6.07) is 5.83. The normalized spacial score (nSPS) is 15.2. The second-order valence-electron chi connectivity index (χ2n) is 7.96. The zero-order valence-corrected chi connectivity index (χ0v) is 19.1. The summed E-state index contributed by atoms with van der Waals surface area (Å²) in [7, 11) is 0. The van der Waals surface area contributed by atoms with Gasteiger partial charge in [0.15, 0.2) is 0 Å². The Bertz CT molecular complexity index is 1030. The number of carbonyl (C=O) groups excluding carboxylic acids is 2. The van der Waals surface area contributed by atoms with Crippen LogP contribution in [0.2, 0.25) is 5.02 Å². The summed E-state index contributed by atoms with van der Waals surface area (Å²) < 4.78 is 38.5. The minimum atomic E-state index is -4.51. The standard InChI is InChI=1S/C22H25ClF3N5O2/c1-14-4-5-18(15(2)10-14)28-21(33)29-19(32)13-30-6-3-7-31(9-8-30)20-17(23)11-16(12-27-20)22(24,25)26/h4-5,10-12H,3,6-9,13H2,1-2H3,(H2,28,29,32,33). The number of pyridine rings is 1. The van der Waals surface area contributed by atoms with Crippen molar-refractivity contribution >= 4 is 35.0 Å². The monoisotopic (exact) mass is 483 g/mol. The Balaban J connectivity index is 1.52. The number of halogens is 4. The summed E-state index contributed by atoms with van der Waals surface area (Å²) >= 11 is 6.06. The number of aryl methyl sites for hydroxylation is 2. The van der Waals surface area contributed by atoms with Gasteiger partial charge in [0.05, 0.1) is 17.1 Å². The maximum Gasteiger partial charge on any atom is 0.417 e. The first kappa shape index (κ1) is 24.8. The number of benzene rings is 1. The van der Waals surface area contributed by atoms with Crippen molar-refractivity contribution in [3.8, 4) is 0 Å². The number of imide groups is 1. The van der Waals surface area contributed by atoms with Gasteiger partial charge in [0.2, 0.25) is 5.91 Å². The molecule has 0 aliphatic carbocycles. The molecule has 1 aromatic carbocycles. The number of alkyl halides is 3. The zero-order chi connectivity index (χ0) is 24.2. The van der Waals surface area contributed by atoms with Gasteiger partial charge < -0.3 is 10.2 Å². The molecule has 2 aromatic rings. The van der Waals surface area contributed by atoms with Gasteiger partial charge in [-0.1, -0.05) is 29.3 Å². The highest BCUT2D eigenvalue weighted by Gasteiger charge is 2.32. The van der Waals surface area contributed by atoms with E-state index in [0.717, 1.165) is 23.4 Å². The molecule has 0 radical (unpaired) electrons. The number of rotatable bonds is 4. The molecule has 3 amide bonds. The number of hydrogen-bond acceptors (Lipinski definition) is 5. The first-order valence-corrected chi connectivity index (χ1v) is 10.8. The molecule has 11 heteroatoms. The van der Waals surface area contributed by atoms with Crippen molar-refractivity contribution in [2.45, 2.75) is 26.4 Å². The topological polar surface area (TPSA) is 77.6 Å². The highest BCUT2D eigenvalue weighted by atomic mass is 35.5. The maximum absolute atomic E-state index is 12.8. The first-order valence-electron chi connectivity index (χ1n) is 10.4. The number of anilines is 2. The van der Waals surface area contributed by atoms with Crippen molar-refractivity contribution in [3.63, 3.8) is 0 Å². The smallest absolute Gasteiger partial charge is 0.354 e. The first-order chi connectivity index (χ1) is 15.5. The van der Waals surface area contributed by atoms with Crippen LogP contribution in [0.5, 0.6) is 0 Å². The van der Waals surface area contributed by atoms with E-state index in [1.54, 1.807) is 11.0 Å². The minimum Gasteiger partial charge on any atom is -0.354 e. The number of nitrogens with zero attached hydrogens (tertiary/aromatic N) is 3. The van der Waals surface area contributed by atoms with E-state index in [2.05, 4.69) is 15.6 Å². The fraction of sp³-hybridized carbons (Fsp3) is 0.409. The van der Waals surface area contributed by atoms with Crippen LogP contribution in [0.25, 0.3) is 0 Å². The summed E-state index contributed by atoms with van der Waals surface area (Å²) in [5.74, 6) is -0.166. The van der Waals surface area contributed by atoms with Crippen LogP contribution < -0.4 is 15.5 Å². The highest BCUT2D eigenvalue weighted by Crippen LogP contribution is 2.33. The van der Waals surface area contributed by atoms with E-state index in [1.165, 1.54) is 0 Å². The van der Waals surface area contributed by atoms with Crippen LogP contribution >= 0.6 is 11.6 Å². The van der Waals surface area contributed by atoms with Gasteiger partial charge in [-0.3, -0.25) is 15.0 Å². The summed E-state index contributed by atoms with van der Waals surface area (Å²) in [5.41, 5.74) is 1.68. The Kier molecular flexibility index (Phi) is 7.80. The Morgan fingerprint density at radius 1 is 1.12 bits per heavy atom. The summed E-state index contributed by atoms with van der Waals surface area (Å²) in [6.45, 7) is 5.84. The molecule has 1 aromatic heterocycles. The Morgan fingerprint density at radius 2 is 1.88 bits per heavy atom. The number of urea groups is 1. The van der Waals surface area contributed by atoms with Gasteiger partial charge in [-0.25, -0.2) is 9.78 Å². The van der Waals surface area contributed by atoms with E-state index < -0.39 is 23.7 Å². The van der Waals surface area contributed by atoms with Gasteiger partial charge in [-0.05, 0) is 38.0 Å². The highest BCUT2D eigenvalue weighted by molar-refractivity contribution is 6.33. The van der Waals surface area contributed by atoms with Crippen molar-refractivity contribution in [1.82, 2.24) is 15.2 Å². The van der Waals surface area contributed by atoms with Crippen LogP contribution in [0.3, 0.4) is 0 Å². The van der Waals surface area contributed by atoms with Crippen molar-refractivity contribution < 1.29 is 22.8 Å². The molecule has 178 valence electrons. The number of hydrogen-bond donors (Lipinski definition) is 2. The fourth-order valence-electron chi connectivity index (χ4n) is 3.64. The number of amides is 3. The molecule has 0 atom stereocenters. The summed E-state index contributed by atoms with van der Waals surface area (Å²) in [4.78, 5) is 32.1. The van der Waals surface area contributed by atoms with E-state index in [4.69, 9.17) is 11.6 Å². The van der Waals surface area contributed by atoms with E-state index in [1.807, 2.05) is 30.9 Å². The molecular weight excluding hydrogens is 459 g/mol. The van der Waals surface area contributed by atoms with Crippen molar-refractivity contribution in [1.29, 1.82) is 0 Å². The van der Waals surface area contributed by atoms with Crippen LogP contribution in [0.4, 0.5) is 29.5 Å². The van der Waals surface area contributed by atoms with Crippen molar-refractivity contribution in [2.24, 2.45) is 0 Å². The molecule has 3 rings (SSSR count). The number of aromatic nitrogens is 1. The molecule has 1 saturated heterocycles. The van der Waals surface area contributed by atoms with Crippen LogP contribution in [0, 0.1) is 13.8 Å². The molecule has 7 nitrogen and oxygen atoms in total.